The van der Waals surface area contributed by atoms with Gasteiger partial charge < -0.3 is 10.1 Å². The number of anilines is 1. The van der Waals surface area contributed by atoms with Crippen LogP contribution in [-0.4, -0.2) is 41.6 Å². The van der Waals surface area contributed by atoms with E-state index in [1.807, 2.05) is 12.1 Å². The van der Waals surface area contributed by atoms with Gasteiger partial charge in [0.2, 0.25) is 0 Å². The van der Waals surface area contributed by atoms with E-state index in [9.17, 15) is 9.59 Å². The first-order chi connectivity index (χ1) is 16.5. The van der Waals surface area contributed by atoms with Crippen molar-refractivity contribution in [1.82, 2.24) is 10.2 Å². The highest BCUT2D eigenvalue weighted by Gasteiger charge is 2.29. The number of thiocarbonyl (C=S) groups is 1. The molecule has 0 aliphatic carbocycles. The Hall–Kier alpha value is -3.07. The van der Waals surface area contributed by atoms with Gasteiger partial charge in [0.15, 0.2) is 5.11 Å². The summed E-state index contributed by atoms with van der Waals surface area (Å²) in [4.78, 5) is 28.8. The van der Waals surface area contributed by atoms with Crippen molar-refractivity contribution >= 4 is 45.5 Å². The van der Waals surface area contributed by atoms with Gasteiger partial charge >= 0.3 is 5.97 Å². The number of carbonyl (C=O) groups excluding carboxylic acids is 2. The molecule has 0 radical (unpaired) electrons. The Morgan fingerprint density at radius 2 is 1.79 bits per heavy atom. The fourth-order valence-electron chi connectivity index (χ4n) is 3.99. The third-order valence-electron chi connectivity index (χ3n) is 5.67. The van der Waals surface area contributed by atoms with Gasteiger partial charge in [-0.25, -0.2) is 4.79 Å². The molecule has 2 aromatic carbocycles. The summed E-state index contributed by atoms with van der Waals surface area (Å²) in [7, 11) is 0. The van der Waals surface area contributed by atoms with Crippen molar-refractivity contribution in [3.8, 4) is 0 Å². The van der Waals surface area contributed by atoms with E-state index in [4.69, 9.17) is 17.0 Å². The number of carbonyl (C=O) groups is 2. The molecule has 0 bridgehead atoms. The number of rotatable bonds is 7. The molecule has 1 amide bonds. The van der Waals surface area contributed by atoms with E-state index in [1.54, 1.807) is 31.2 Å². The molecule has 0 saturated carbocycles. The molecule has 2 N–H and O–H groups in total. The van der Waals surface area contributed by atoms with Crippen LogP contribution >= 0.6 is 23.6 Å². The second-order valence-electron chi connectivity index (χ2n) is 7.96. The standard InChI is InChI=1S/C26H27N3O3S2/c1-2-32-25(31)22-20-14-16-29(15-13-18-9-5-3-6-10-18)17-21(20)34-24(22)28-26(33)27-23(30)19-11-7-4-8-12-19/h3-12H,2,13-17H2,1H3,(H2,27,28,30,33). The number of thiophene rings is 1. The van der Waals surface area contributed by atoms with Crippen LogP contribution in [0.5, 0.6) is 0 Å². The molecule has 8 heteroatoms. The lowest BCUT2D eigenvalue weighted by Gasteiger charge is -2.27. The zero-order chi connectivity index (χ0) is 23.9. The topological polar surface area (TPSA) is 70.7 Å². The molecule has 176 valence electrons. The lowest BCUT2D eigenvalue weighted by atomic mass is 10.0. The molecular weight excluding hydrogens is 466 g/mol. The zero-order valence-electron chi connectivity index (χ0n) is 19.0. The molecule has 0 spiro atoms. The number of benzene rings is 2. The summed E-state index contributed by atoms with van der Waals surface area (Å²) >= 11 is 6.88. The highest BCUT2D eigenvalue weighted by atomic mass is 32.1. The van der Waals surface area contributed by atoms with Gasteiger partial charge in [-0.2, -0.15) is 0 Å². The molecule has 1 aliphatic heterocycles. The molecule has 0 atom stereocenters. The first-order valence-electron chi connectivity index (χ1n) is 11.3. The molecule has 3 aromatic rings. The SMILES string of the molecule is CCOC(=O)c1c(NC(=S)NC(=O)c2ccccc2)sc2c1CCN(CCc1ccccc1)C2. The maximum atomic E-state index is 12.8. The number of ether oxygens (including phenoxy) is 1. The highest BCUT2D eigenvalue weighted by molar-refractivity contribution is 7.80. The largest absolute Gasteiger partial charge is 0.462 e. The minimum atomic E-state index is -0.363. The van der Waals surface area contributed by atoms with Crippen molar-refractivity contribution in [3.63, 3.8) is 0 Å². The Labute approximate surface area is 208 Å². The van der Waals surface area contributed by atoms with Crippen LogP contribution in [0.1, 0.15) is 43.6 Å². The summed E-state index contributed by atoms with van der Waals surface area (Å²) in [6.45, 7) is 4.67. The number of esters is 1. The van der Waals surface area contributed by atoms with E-state index in [2.05, 4.69) is 39.8 Å². The van der Waals surface area contributed by atoms with Gasteiger partial charge in [-0.1, -0.05) is 48.5 Å². The third-order valence-corrected chi connectivity index (χ3v) is 7.00. The predicted molar refractivity (Wildman–Crippen MR) is 140 cm³/mol. The van der Waals surface area contributed by atoms with Gasteiger partial charge in [0.25, 0.3) is 5.91 Å². The minimum absolute atomic E-state index is 0.152. The third kappa shape index (κ3) is 5.88. The highest BCUT2D eigenvalue weighted by Crippen LogP contribution is 2.37. The van der Waals surface area contributed by atoms with Crippen molar-refractivity contribution in [2.24, 2.45) is 0 Å². The van der Waals surface area contributed by atoms with Gasteiger partial charge in [0.05, 0.1) is 12.2 Å². The molecule has 4 rings (SSSR count). The van der Waals surface area contributed by atoms with Gasteiger partial charge in [0.1, 0.15) is 5.00 Å². The van der Waals surface area contributed by atoms with E-state index < -0.39 is 0 Å². The van der Waals surface area contributed by atoms with E-state index >= 15 is 0 Å². The van der Waals surface area contributed by atoms with Crippen LogP contribution in [0.3, 0.4) is 0 Å². The molecule has 34 heavy (non-hydrogen) atoms. The maximum Gasteiger partial charge on any atom is 0.341 e. The molecule has 2 heterocycles. The van der Waals surface area contributed by atoms with E-state index in [0.29, 0.717) is 22.7 Å². The summed E-state index contributed by atoms with van der Waals surface area (Å²) in [5, 5.41) is 6.54. The van der Waals surface area contributed by atoms with Crippen molar-refractivity contribution in [2.75, 3.05) is 25.0 Å². The van der Waals surface area contributed by atoms with Gasteiger partial charge in [-0.05, 0) is 55.2 Å². The van der Waals surface area contributed by atoms with Crippen LogP contribution in [0.4, 0.5) is 5.00 Å². The van der Waals surface area contributed by atoms with E-state index in [1.165, 1.54) is 16.9 Å². The van der Waals surface area contributed by atoms with E-state index in [-0.39, 0.29) is 17.0 Å². The summed E-state index contributed by atoms with van der Waals surface area (Å²) in [6, 6.07) is 19.3. The van der Waals surface area contributed by atoms with Crippen LogP contribution in [0.25, 0.3) is 0 Å². The minimum Gasteiger partial charge on any atom is -0.462 e. The fraction of sp³-hybridized carbons (Fsp3) is 0.269. The van der Waals surface area contributed by atoms with Crippen molar-refractivity contribution < 1.29 is 14.3 Å². The molecule has 0 fully saturated rings. The Balaban J connectivity index is 1.47. The summed E-state index contributed by atoms with van der Waals surface area (Å²) in [5.74, 6) is -0.665. The zero-order valence-corrected chi connectivity index (χ0v) is 20.6. The maximum absolute atomic E-state index is 12.8. The molecular formula is C26H27N3O3S2. The second kappa shape index (κ2) is 11.4. The molecule has 0 unspecified atom stereocenters. The van der Waals surface area contributed by atoms with Crippen molar-refractivity contribution in [2.45, 2.75) is 26.3 Å². The quantitative estimate of drug-likeness (QED) is 0.369. The van der Waals surface area contributed by atoms with Gasteiger partial charge in [-0.15, -0.1) is 11.3 Å². The molecule has 1 aromatic heterocycles. The normalized spacial score (nSPS) is 13.1. The van der Waals surface area contributed by atoms with Crippen LogP contribution in [0.2, 0.25) is 0 Å². The first kappa shape index (κ1) is 24.1. The molecule has 6 nitrogen and oxygen atoms in total. The van der Waals surface area contributed by atoms with Crippen molar-refractivity contribution in [3.05, 3.63) is 87.8 Å². The van der Waals surface area contributed by atoms with Crippen LogP contribution < -0.4 is 10.6 Å². The summed E-state index contributed by atoms with van der Waals surface area (Å²) in [5.41, 5.74) is 3.37. The van der Waals surface area contributed by atoms with E-state index in [0.717, 1.165) is 42.9 Å². The first-order valence-corrected chi connectivity index (χ1v) is 12.5. The predicted octanol–water partition coefficient (Wildman–Crippen LogP) is 4.65. The Kier molecular flexibility index (Phi) is 8.05. The van der Waals surface area contributed by atoms with Crippen LogP contribution in [0.15, 0.2) is 60.7 Å². The van der Waals surface area contributed by atoms with Crippen LogP contribution in [-0.2, 0) is 24.1 Å². The number of hydrogen-bond donors (Lipinski definition) is 2. The second-order valence-corrected chi connectivity index (χ2v) is 9.48. The monoisotopic (exact) mass is 493 g/mol. The molecule has 1 aliphatic rings. The number of hydrogen-bond acceptors (Lipinski definition) is 6. The van der Waals surface area contributed by atoms with Gasteiger partial charge in [0, 0.05) is 30.1 Å². The summed E-state index contributed by atoms with van der Waals surface area (Å²) < 4.78 is 5.34. The average molecular weight is 494 g/mol. The summed E-state index contributed by atoms with van der Waals surface area (Å²) in [6.07, 6.45) is 1.74. The van der Waals surface area contributed by atoms with Crippen LogP contribution in [0, 0.1) is 0 Å². The lowest BCUT2D eigenvalue weighted by Crippen LogP contribution is -2.34. The lowest BCUT2D eigenvalue weighted by molar-refractivity contribution is 0.0526. The Morgan fingerprint density at radius 3 is 2.50 bits per heavy atom. The fourth-order valence-corrected chi connectivity index (χ4v) is 5.53. The Morgan fingerprint density at radius 1 is 1.09 bits per heavy atom. The smallest absolute Gasteiger partial charge is 0.341 e. The molecule has 0 saturated heterocycles. The average Bonchev–Trinajstić information content (AvgIpc) is 3.21. The van der Waals surface area contributed by atoms with Crippen molar-refractivity contribution in [1.29, 1.82) is 0 Å². The Bertz CT molecular complexity index is 1160. The number of nitrogens with zero attached hydrogens (tertiary/aromatic N) is 1. The number of amides is 1. The number of nitrogens with one attached hydrogen (secondary N) is 2. The number of fused-ring (bicyclic) bond motifs is 1. The van der Waals surface area contributed by atoms with Gasteiger partial charge in [-0.3, -0.25) is 15.0 Å².